The summed E-state index contributed by atoms with van der Waals surface area (Å²) in [4.78, 5) is 66.4. The number of ether oxygens (including phenoxy) is 2. The molecule has 2 aromatic rings. The van der Waals surface area contributed by atoms with Gasteiger partial charge >= 0.3 is 11.9 Å². The molecule has 0 saturated carbocycles. The number of hydrogen-bond acceptors (Lipinski definition) is 10. The van der Waals surface area contributed by atoms with Crippen LogP contribution in [0.15, 0.2) is 48.5 Å². The predicted molar refractivity (Wildman–Crippen MR) is 126 cm³/mol. The molecule has 0 aromatic heterocycles. The van der Waals surface area contributed by atoms with E-state index in [9.17, 15) is 39.4 Å². The van der Waals surface area contributed by atoms with Crippen LogP contribution in [0.3, 0.4) is 0 Å². The fourth-order valence-electron chi connectivity index (χ4n) is 2.87. The summed E-state index contributed by atoms with van der Waals surface area (Å²) >= 11 is 0. The molecule has 0 atom stereocenters. The Bertz CT molecular complexity index is 1080. The normalized spacial score (nSPS) is 10.0. The summed E-state index contributed by atoms with van der Waals surface area (Å²) in [6.45, 7) is 4.66. The van der Waals surface area contributed by atoms with Crippen molar-refractivity contribution in [2.24, 2.45) is 5.92 Å². The van der Waals surface area contributed by atoms with Crippen LogP contribution in [0.25, 0.3) is 0 Å². The van der Waals surface area contributed by atoms with Gasteiger partial charge in [-0.05, 0) is 31.9 Å². The number of Topliss-reactive ketones (excluding diaryl/α,β-unsaturated/α-hetero) is 2. The molecule has 0 spiro atoms. The highest BCUT2D eigenvalue weighted by atomic mass is 16.6. The lowest BCUT2D eigenvalue weighted by molar-refractivity contribution is -0.385. The number of esters is 2. The minimum absolute atomic E-state index is 0.0273. The summed E-state index contributed by atoms with van der Waals surface area (Å²) in [6, 6.07) is 11.3. The van der Waals surface area contributed by atoms with Gasteiger partial charge < -0.3 is 9.47 Å². The van der Waals surface area contributed by atoms with Crippen LogP contribution in [0.5, 0.6) is 0 Å². The monoisotopic (exact) mass is 502 g/mol. The summed E-state index contributed by atoms with van der Waals surface area (Å²) in [5.74, 6) is -4.20. The Morgan fingerprint density at radius 1 is 0.722 bits per heavy atom. The summed E-state index contributed by atoms with van der Waals surface area (Å²) in [7, 11) is 0. The molecule has 0 heterocycles. The lowest BCUT2D eigenvalue weighted by Crippen LogP contribution is -2.35. The van der Waals surface area contributed by atoms with Crippen molar-refractivity contribution >= 4 is 34.9 Å². The molecule has 2 rings (SSSR count). The average molecular weight is 502 g/mol. The van der Waals surface area contributed by atoms with Crippen molar-refractivity contribution in [1.29, 1.82) is 0 Å². The number of carbonyl (C=O) groups is 4. The van der Waals surface area contributed by atoms with Crippen LogP contribution in [0, 0.1) is 26.1 Å². The second kappa shape index (κ2) is 14.7. The highest BCUT2D eigenvalue weighted by Gasteiger charge is 2.36. The average Bonchev–Trinajstić information content (AvgIpc) is 2.80. The molecule has 2 aromatic carbocycles. The van der Waals surface area contributed by atoms with Gasteiger partial charge in [0.1, 0.15) is 5.78 Å². The van der Waals surface area contributed by atoms with E-state index in [1.165, 1.54) is 43.3 Å². The number of nitro benzene ring substituents is 2. The van der Waals surface area contributed by atoms with Gasteiger partial charge in [0.05, 0.1) is 23.1 Å². The first kappa shape index (κ1) is 29.6. The van der Waals surface area contributed by atoms with Crippen molar-refractivity contribution in [3.05, 3.63) is 79.9 Å². The number of nitro groups is 2. The molecule has 0 bridgehead atoms. The van der Waals surface area contributed by atoms with Gasteiger partial charge in [-0.3, -0.25) is 39.4 Å². The summed E-state index contributed by atoms with van der Waals surface area (Å²) in [5, 5.41) is 20.9. The van der Waals surface area contributed by atoms with Crippen LogP contribution in [0.2, 0.25) is 0 Å². The van der Waals surface area contributed by atoms with E-state index in [0.717, 1.165) is 5.56 Å². The predicted octanol–water partition coefficient (Wildman–Crippen LogP) is 3.18. The zero-order valence-corrected chi connectivity index (χ0v) is 20.0. The highest BCUT2D eigenvalue weighted by Crippen LogP contribution is 2.15. The van der Waals surface area contributed by atoms with Gasteiger partial charge in [0.15, 0.2) is 5.78 Å². The van der Waals surface area contributed by atoms with E-state index in [2.05, 4.69) is 0 Å². The minimum atomic E-state index is -1.65. The number of rotatable bonds is 11. The van der Waals surface area contributed by atoms with Gasteiger partial charge in [-0.1, -0.05) is 24.3 Å². The molecular weight excluding hydrogens is 476 g/mol. The molecule has 0 aliphatic carbocycles. The Morgan fingerprint density at radius 3 is 1.39 bits per heavy atom. The zero-order chi connectivity index (χ0) is 27.3. The molecule has 0 radical (unpaired) electrons. The van der Waals surface area contributed by atoms with E-state index in [-0.39, 0.29) is 36.8 Å². The second-order valence-electron chi connectivity index (χ2n) is 7.31. The van der Waals surface area contributed by atoms with Gasteiger partial charge in [0.2, 0.25) is 5.92 Å². The lowest BCUT2D eigenvalue weighted by atomic mass is 9.97. The van der Waals surface area contributed by atoms with E-state index >= 15 is 0 Å². The van der Waals surface area contributed by atoms with Crippen molar-refractivity contribution in [1.82, 2.24) is 0 Å². The third-order valence-electron chi connectivity index (χ3n) is 4.49. The molecule has 0 aliphatic heterocycles. The fourth-order valence-corrected chi connectivity index (χ4v) is 2.87. The van der Waals surface area contributed by atoms with Crippen molar-refractivity contribution in [2.75, 3.05) is 13.2 Å². The van der Waals surface area contributed by atoms with E-state index in [0.29, 0.717) is 12.0 Å². The number of ketones is 2. The molecule has 12 heteroatoms. The molecule has 0 aliphatic rings. The third kappa shape index (κ3) is 9.79. The van der Waals surface area contributed by atoms with Crippen LogP contribution in [0.4, 0.5) is 11.4 Å². The first-order valence-corrected chi connectivity index (χ1v) is 10.8. The molecule has 12 nitrogen and oxygen atoms in total. The van der Waals surface area contributed by atoms with Crippen LogP contribution in [-0.4, -0.2) is 46.6 Å². The first-order chi connectivity index (χ1) is 17.0. The molecule has 192 valence electrons. The highest BCUT2D eigenvalue weighted by molar-refractivity contribution is 6.15. The molecular formula is C24H26N2O10. The number of non-ortho nitro benzene ring substituents is 2. The van der Waals surface area contributed by atoms with E-state index in [1.807, 2.05) is 0 Å². The Balaban J connectivity index is 0.000000420. The largest absolute Gasteiger partial charge is 0.465 e. The van der Waals surface area contributed by atoms with Crippen molar-refractivity contribution in [2.45, 2.75) is 33.6 Å². The molecule has 0 amide bonds. The van der Waals surface area contributed by atoms with Gasteiger partial charge in [-0.25, -0.2) is 0 Å². The van der Waals surface area contributed by atoms with Gasteiger partial charge in [0, 0.05) is 37.1 Å². The van der Waals surface area contributed by atoms with Crippen molar-refractivity contribution in [3.63, 3.8) is 0 Å². The SMILES string of the molecule is CC(=O)Cc1ccc([N+](=O)[O-])cc1.CCOC(=O)C(C(=O)Cc1ccc([N+](=O)[O-])cc1)C(=O)OCC. The van der Waals surface area contributed by atoms with Crippen LogP contribution in [-0.2, 0) is 41.5 Å². The van der Waals surface area contributed by atoms with Crippen LogP contribution < -0.4 is 0 Å². The van der Waals surface area contributed by atoms with Crippen LogP contribution >= 0.6 is 0 Å². The Labute approximate surface area is 206 Å². The smallest absolute Gasteiger partial charge is 0.328 e. The molecule has 0 saturated heterocycles. The van der Waals surface area contributed by atoms with Gasteiger partial charge in [-0.15, -0.1) is 0 Å². The number of hydrogen-bond donors (Lipinski definition) is 0. The summed E-state index contributed by atoms with van der Waals surface area (Å²) in [6.07, 6.45) is 0.0955. The first-order valence-electron chi connectivity index (χ1n) is 10.8. The molecule has 0 unspecified atom stereocenters. The molecule has 0 fully saturated rings. The maximum absolute atomic E-state index is 12.2. The quantitative estimate of drug-likeness (QED) is 0.192. The Hall–Kier alpha value is -4.48. The lowest BCUT2D eigenvalue weighted by Gasteiger charge is -2.13. The van der Waals surface area contributed by atoms with Crippen molar-refractivity contribution in [3.8, 4) is 0 Å². The van der Waals surface area contributed by atoms with E-state index in [1.54, 1.807) is 26.0 Å². The standard InChI is InChI=1S/C15H17NO7.C9H9NO3/c1-3-22-14(18)13(15(19)23-4-2)12(17)9-10-5-7-11(8-6-10)16(20)21;1-7(11)6-8-2-4-9(5-3-8)10(12)13/h5-8,13H,3-4,9H2,1-2H3;2-5H,6H2,1H3. The fraction of sp³-hybridized carbons (Fsp3) is 0.333. The third-order valence-corrected chi connectivity index (χ3v) is 4.49. The van der Waals surface area contributed by atoms with Crippen LogP contribution in [0.1, 0.15) is 31.9 Å². The van der Waals surface area contributed by atoms with E-state index in [4.69, 9.17) is 9.47 Å². The summed E-state index contributed by atoms with van der Waals surface area (Å²) < 4.78 is 9.46. The zero-order valence-electron chi connectivity index (χ0n) is 20.0. The van der Waals surface area contributed by atoms with E-state index < -0.39 is 33.5 Å². The number of nitrogens with zero attached hydrogens (tertiary/aromatic N) is 2. The topological polar surface area (TPSA) is 173 Å². The number of carbonyl (C=O) groups excluding carboxylic acids is 4. The van der Waals surface area contributed by atoms with Crippen molar-refractivity contribution < 1.29 is 38.5 Å². The Morgan fingerprint density at radius 2 is 1.08 bits per heavy atom. The second-order valence-corrected chi connectivity index (χ2v) is 7.31. The maximum Gasteiger partial charge on any atom is 0.328 e. The molecule has 0 N–H and O–H groups in total. The van der Waals surface area contributed by atoms with Gasteiger partial charge in [0.25, 0.3) is 11.4 Å². The van der Waals surface area contributed by atoms with Gasteiger partial charge in [-0.2, -0.15) is 0 Å². The number of benzene rings is 2. The molecule has 36 heavy (non-hydrogen) atoms. The Kier molecular flexibility index (Phi) is 12.1. The maximum atomic E-state index is 12.2. The summed E-state index contributed by atoms with van der Waals surface area (Å²) in [5.41, 5.74) is 1.18. The minimum Gasteiger partial charge on any atom is -0.465 e.